The van der Waals surface area contributed by atoms with Crippen molar-refractivity contribution in [3.8, 4) is 23.2 Å². The van der Waals surface area contributed by atoms with Crippen molar-refractivity contribution in [2.75, 3.05) is 0 Å². The lowest BCUT2D eigenvalue weighted by Crippen LogP contribution is -2.37. The Kier molecular flexibility index (Phi) is 4.57. The van der Waals surface area contributed by atoms with Gasteiger partial charge in [-0.3, -0.25) is 19.1 Å². The van der Waals surface area contributed by atoms with E-state index in [0.29, 0.717) is 29.0 Å². The normalized spacial score (nSPS) is 13.9. The van der Waals surface area contributed by atoms with Gasteiger partial charge >= 0.3 is 0 Å². The number of nitriles is 1. The predicted molar refractivity (Wildman–Crippen MR) is 109 cm³/mol. The van der Waals surface area contributed by atoms with Gasteiger partial charge < -0.3 is 10.4 Å². The summed E-state index contributed by atoms with van der Waals surface area (Å²) in [5.74, 6) is -1.13. The maximum atomic E-state index is 13.2. The van der Waals surface area contributed by atoms with Gasteiger partial charge in [-0.05, 0) is 24.3 Å². The van der Waals surface area contributed by atoms with Crippen LogP contribution >= 0.6 is 0 Å². The second-order valence-corrected chi connectivity index (χ2v) is 8.73. The van der Waals surface area contributed by atoms with Crippen molar-refractivity contribution in [2.24, 2.45) is 5.41 Å². The van der Waals surface area contributed by atoms with Crippen LogP contribution in [-0.4, -0.2) is 36.2 Å². The molecule has 0 aromatic carbocycles. The first-order valence-corrected chi connectivity index (χ1v) is 9.70. The first-order chi connectivity index (χ1) is 14.2. The number of nitrogens with zero attached hydrogens (tertiary/aromatic N) is 5. The minimum atomic E-state index is -0.610. The van der Waals surface area contributed by atoms with Gasteiger partial charge in [0.2, 0.25) is 5.88 Å². The number of pyridine rings is 1. The molecule has 30 heavy (non-hydrogen) atoms. The van der Waals surface area contributed by atoms with Crippen LogP contribution in [0.3, 0.4) is 0 Å². The van der Waals surface area contributed by atoms with Crippen LogP contribution in [0.25, 0.3) is 16.9 Å². The maximum Gasteiger partial charge on any atom is 0.270 e. The van der Waals surface area contributed by atoms with Crippen molar-refractivity contribution in [3.63, 3.8) is 0 Å². The van der Waals surface area contributed by atoms with Crippen LogP contribution in [0.5, 0.6) is 5.88 Å². The molecule has 0 bridgehead atoms. The van der Waals surface area contributed by atoms with Crippen LogP contribution in [0.2, 0.25) is 0 Å². The van der Waals surface area contributed by atoms with Gasteiger partial charge in [0.15, 0.2) is 5.56 Å². The number of hydrogen-bond donors (Lipinski definition) is 2. The van der Waals surface area contributed by atoms with Gasteiger partial charge in [0.05, 0.1) is 17.3 Å². The molecule has 1 amide bonds. The van der Waals surface area contributed by atoms with Crippen LogP contribution in [0, 0.1) is 16.7 Å². The van der Waals surface area contributed by atoms with Crippen LogP contribution in [0.1, 0.15) is 49.5 Å². The Morgan fingerprint density at radius 3 is 2.77 bits per heavy atom. The number of carbonyl (C=O) groups is 1. The van der Waals surface area contributed by atoms with Crippen LogP contribution in [-0.2, 0) is 6.54 Å². The van der Waals surface area contributed by atoms with Gasteiger partial charge in [-0.2, -0.15) is 14.9 Å². The molecule has 0 radical (unpaired) electrons. The number of rotatable bonds is 4. The fourth-order valence-corrected chi connectivity index (χ4v) is 3.30. The minimum Gasteiger partial charge on any atom is -0.492 e. The number of hydrogen-bond acceptors (Lipinski definition) is 6. The number of carbonyl (C=O) groups excluding carboxylic acids is 1. The molecule has 0 unspecified atom stereocenters. The fourth-order valence-electron chi connectivity index (χ4n) is 3.30. The highest BCUT2D eigenvalue weighted by molar-refractivity contribution is 5.96. The Morgan fingerprint density at radius 2 is 2.13 bits per heavy atom. The van der Waals surface area contributed by atoms with Gasteiger partial charge in [0.1, 0.15) is 5.65 Å². The Balaban J connectivity index is 1.98. The maximum absolute atomic E-state index is 13.2. The summed E-state index contributed by atoms with van der Waals surface area (Å²) >= 11 is 0. The predicted octanol–water partition coefficient (Wildman–Crippen LogP) is 2.07. The van der Waals surface area contributed by atoms with Crippen molar-refractivity contribution in [3.05, 3.63) is 46.0 Å². The molecular formula is C21H22N6O3. The number of fused-ring (bicyclic) bond motifs is 1. The second-order valence-electron chi connectivity index (χ2n) is 8.73. The highest BCUT2D eigenvalue weighted by atomic mass is 16.3. The monoisotopic (exact) mass is 406 g/mol. The van der Waals surface area contributed by atoms with E-state index in [2.05, 4.69) is 21.5 Å². The molecule has 0 saturated heterocycles. The zero-order chi connectivity index (χ0) is 21.6. The molecule has 3 heterocycles. The summed E-state index contributed by atoms with van der Waals surface area (Å²) in [5, 5.41) is 27.3. The van der Waals surface area contributed by atoms with Gasteiger partial charge in [-0.25, -0.2) is 0 Å². The highest BCUT2D eigenvalue weighted by Crippen LogP contribution is 2.27. The molecule has 3 aromatic heterocycles. The summed E-state index contributed by atoms with van der Waals surface area (Å²) < 4.78 is 2.62. The van der Waals surface area contributed by atoms with E-state index in [1.807, 2.05) is 20.8 Å². The van der Waals surface area contributed by atoms with Crippen LogP contribution < -0.4 is 10.9 Å². The van der Waals surface area contributed by atoms with Gasteiger partial charge in [-0.1, -0.05) is 20.8 Å². The zero-order valence-electron chi connectivity index (χ0n) is 17.0. The molecule has 2 N–H and O–H groups in total. The average molecular weight is 406 g/mol. The Labute approximate surface area is 172 Å². The lowest BCUT2D eigenvalue weighted by molar-refractivity contribution is 0.0944. The van der Waals surface area contributed by atoms with Crippen molar-refractivity contribution >= 4 is 11.6 Å². The van der Waals surface area contributed by atoms with E-state index in [0.717, 1.165) is 12.8 Å². The summed E-state index contributed by atoms with van der Waals surface area (Å²) in [6.45, 7) is 6.22. The number of aromatic nitrogens is 4. The Morgan fingerprint density at radius 1 is 1.40 bits per heavy atom. The van der Waals surface area contributed by atoms with Crippen molar-refractivity contribution in [1.82, 2.24) is 24.5 Å². The van der Waals surface area contributed by atoms with E-state index in [4.69, 9.17) is 0 Å². The molecule has 9 nitrogen and oxygen atoms in total. The summed E-state index contributed by atoms with van der Waals surface area (Å²) in [7, 11) is 0. The van der Waals surface area contributed by atoms with Crippen LogP contribution in [0.15, 0.2) is 29.3 Å². The Hall–Kier alpha value is -3.67. The quantitative estimate of drug-likeness (QED) is 0.683. The number of aromatic hydroxyl groups is 1. The van der Waals surface area contributed by atoms with Gasteiger partial charge in [0, 0.05) is 36.6 Å². The molecule has 9 heteroatoms. The molecule has 1 aliphatic carbocycles. The van der Waals surface area contributed by atoms with E-state index >= 15 is 0 Å². The lowest BCUT2D eigenvalue weighted by Gasteiger charge is -2.21. The lowest BCUT2D eigenvalue weighted by atomic mass is 9.96. The standard InChI is InChI=1S/C21H22N6O3/c1-21(2,3)11-26-16-8-15(14-10-23-7-6-12(14)9-22)25-27(16)20(30)17(19(26)29)18(28)24-13-4-5-13/h6-8,10,13,30H,4-5,11H2,1-3H3,(H,24,28). The minimum absolute atomic E-state index is 0.0322. The largest absolute Gasteiger partial charge is 0.492 e. The molecule has 1 aliphatic rings. The number of amides is 1. The summed E-state index contributed by atoms with van der Waals surface area (Å²) in [4.78, 5) is 30.0. The summed E-state index contributed by atoms with van der Waals surface area (Å²) in [6, 6.07) is 5.31. The van der Waals surface area contributed by atoms with E-state index in [9.17, 15) is 20.0 Å². The van der Waals surface area contributed by atoms with E-state index in [1.54, 1.807) is 12.1 Å². The molecule has 0 spiro atoms. The van der Waals surface area contributed by atoms with E-state index in [1.165, 1.54) is 21.5 Å². The first kappa shape index (κ1) is 19.6. The van der Waals surface area contributed by atoms with Crippen molar-refractivity contribution < 1.29 is 9.90 Å². The molecule has 0 atom stereocenters. The second kappa shape index (κ2) is 6.99. The first-order valence-electron chi connectivity index (χ1n) is 9.70. The average Bonchev–Trinajstić information content (AvgIpc) is 3.38. The molecule has 4 rings (SSSR count). The molecular weight excluding hydrogens is 384 g/mol. The van der Waals surface area contributed by atoms with E-state index < -0.39 is 17.3 Å². The Bertz CT molecular complexity index is 1250. The van der Waals surface area contributed by atoms with Crippen molar-refractivity contribution in [1.29, 1.82) is 5.26 Å². The molecule has 1 saturated carbocycles. The molecule has 0 aliphatic heterocycles. The SMILES string of the molecule is CC(C)(C)Cn1c(=O)c(C(=O)NC2CC2)c(O)n2nc(-c3cnccc3C#N)cc12. The topological polar surface area (TPSA) is 125 Å². The highest BCUT2D eigenvalue weighted by Gasteiger charge is 2.30. The van der Waals surface area contributed by atoms with Crippen LogP contribution in [0.4, 0.5) is 0 Å². The molecule has 3 aromatic rings. The third-order valence-electron chi connectivity index (χ3n) is 4.84. The zero-order valence-corrected chi connectivity index (χ0v) is 17.0. The molecule has 154 valence electrons. The smallest absolute Gasteiger partial charge is 0.270 e. The van der Waals surface area contributed by atoms with Gasteiger partial charge in [-0.15, -0.1) is 0 Å². The fraction of sp³-hybridized carbons (Fsp3) is 0.381. The summed E-state index contributed by atoms with van der Waals surface area (Å²) in [5.41, 5.74) is 0.356. The number of nitrogens with one attached hydrogen (secondary N) is 1. The third kappa shape index (κ3) is 3.52. The van der Waals surface area contributed by atoms with E-state index in [-0.39, 0.29) is 17.0 Å². The third-order valence-corrected chi connectivity index (χ3v) is 4.84. The summed E-state index contributed by atoms with van der Waals surface area (Å²) in [6.07, 6.45) is 4.72. The van der Waals surface area contributed by atoms with Gasteiger partial charge in [0.25, 0.3) is 11.5 Å². The van der Waals surface area contributed by atoms with Crippen molar-refractivity contribution in [2.45, 2.75) is 46.2 Å². The molecule has 1 fully saturated rings.